The second-order valence-electron chi connectivity index (χ2n) is 3.69. The molecular formula is C9H14FN3O. The minimum atomic E-state index is -0.755. The largest absolute Gasteiger partial charge is 0.396 e. The van der Waals surface area contributed by atoms with Gasteiger partial charge in [-0.25, -0.2) is 4.98 Å². The molecule has 0 aliphatic rings. The van der Waals surface area contributed by atoms with E-state index in [9.17, 15) is 4.39 Å². The van der Waals surface area contributed by atoms with Crippen LogP contribution in [0, 0.1) is 6.08 Å². The molecule has 1 aromatic heterocycles. The summed E-state index contributed by atoms with van der Waals surface area (Å²) in [6.45, 7) is 3.89. The van der Waals surface area contributed by atoms with E-state index in [0.717, 1.165) is 0 Å². The Balaban J connectivity index is 2.68. The van der Waals surface area contributed by atoms with Crippen molar-refractivity contribution >= 4 is 5.82 Å². The van der Waals surface area contributed by atoms with Crippen LogP contribution in [0.2, 0.25) is 0 Å². The van der Waals surface area contributed by atoms with E-state index in [4.69, 9.17) is 5.11 Å². The van der Waals surface area contributed by atoms with Crippen molar-refractivity contribution in [1.29, 1.82) is 0 Å². The number of halogens is 1. The normalized spacial score (nSPS) is 11.4. The molecule has 5 heteroatoms. The van der Waals surface area contributed by atoms with Gasteiger partial charge in [0.25, 0.3) is 0 Å². The van der Waals surface area contributed by atoms with Crippen molar-refractivity contribution in [2.75, 3.05) is 11.9 Å². The Hall–Kier alpha value is -1.23. The van der Waals surface area contributed by atoms with Crippen molar-refractivity contribution in [1.82, 2.24) is 9.97 Å². The molecule has 0 aromatic carbocycles. The Bertz CT molecular complexity index is 304. The van der Waals surface area contributed by atoms with Crippen LogP contribution in [0.3, 0.4) is 0 Å². The van der Waals surface area contributed by atoms with E-state index in [0.29, 0.717) is 12.2 Å². The highest BCUT2D eigenvalue weighted by molar-refractivity contribution is 5.34. The summed E-state index contributed by atoms with van der Waals surface area (Å²) in [5.41, 5.74) is -0.310. The van der Waals surface area contributed by atoms with E-state index < -0.39 is 6.08 Å². The molecule has 2 N–H and O–H groups in total. The summed E-state index contributed by atoms with van der Waals surface area (Å²) in [4.78, 5) is 6.92. The Morgan fingerprint density at radius 1 is 1.57 bits per heavy atom. The summed E-state index contributed by atoms with van der Waals surface area (Å²) < 4.78 is 12.6. The van der Waals surface area contributed by atoms with Crippen LogP contribution < -0.4 is 5.32 Å². The number of aliphatic hydroxyl groups is 1. The summed E-state index contributed by atoms with van der Waals surface area (Å²) in [6.07, 6.45) is 1.16. The molecule has 1 rings (SSSR count). The zero-order valence-electron chi connectivity index (χ0n) is 8.29. The maximum absolute atomic E-state index is 12.6. The van der Waals surface area contributed by atoms with Gasteiger partial charge in [0.1, 0.15) is 5.82 Å². The first-order valence-electron chi connectivity index (χ1n) is 4.41. The molecule has 0 bridgehead atoms. The summed E-state index contributed by atoms with van der Waals surface area (Å²) in [5, 5.41) is 11.8. The molecule has 0 saturated carbocycles. The van der Waals surface area contributed by atoms with Gasteiger partial charge < -0.3 is 10.4 Å². The fourth-order valence-electron chi connectivity index (χ4n) is 1.09. The van der Waals surface area contributed by atoms with Crippen LogP contribution in [-0.2, 0) is 0 Å². The lowest BCUT2D eigenvalue weighted by Crippen LogP contribution is -2.32. The first kappa shape index (κ1) is 10.8. The van der Waals surface area contributed by atoms with Gasteiger partial charge in [-0.2, -0.15) is 9.37 Å². The highest BCUT2D eigenvalue weighted by Gasteiger charge is 2.17. The van der Waals surface area contributed by atoms with Crippen molar-refractivity contribution in [3.8, 4) is 0 Å². The molecule has 1 aromatic rings. The maximum Gasteiger partial charge on any atom is 0.310 e. The standard InChI is InChI=1S/C9H14FN3O/c1-9(2,4-6-14)13-7-3-5-11-8(10)12-7/h3,5,14H,4,6H2,1-2H3,(H,11,12,13). The lowest BCUT2D eigenvalue weighted by atomic mass is 10.0. The van der Waals surface area contributed by atoms with E-state index in [1.807, 2.05) is 13.8 Å². The average Bonchev–Trinajstić information content (AvgIpc) is 2.02. The Morgan fingerprint density at radius 3 is 2.86 bits per heavy atom. The van der Waals surface area contributed by atoms with Gasteiger partial charge in [-0.1, -0.05) is 0 Å². The van der Waals surface area contributed by atoms with E-state index in [-0.39, 0.29) is 12.1 Å². The summed E-state index contributed by atoms with van der Waals surface area (Å²) in [6, 6.07) is 1.59. The second kappa shape index (κ2) is 4.32. The maximum atomic E-state index is 12.6. The highest BCUT2D eigenvalue weighted by Crippen LogP contribution is 2.15. The van der Waals surface area contributed by atoms with Gasteiger partial charge in [0.05, 0.1) is 0 Å². The van der Waals surface area contributed by atoms with Crippen molar-refractivity contribution in [2.45, 2.75) is 25.8 Å². The van der Waals surface area contributed by atoms with Gasteiger partial charge in [0, 0.05) is 18.3 Å². The predicted octanol–water partition coefficient (Wildman–Crippen LogP) is 1.19. The van der Waals surface area contributed by atoms with Crippen LogP contribution in [0.5, 0.6) is 0 Å². The molecular weight excluding hydrogens is 185 g/mol. The van der Waals surface area contributed by atoms with E-state index in [1.165, 1.54) is 6.20 Å². The third-order valence-corrected chi connectivity index (χ3v) is 1.83. The van der Waals surface area contributed by atoms with Gasteiger partial charge in [0.2, 0.25) is 0 Å². The van der Waals surface area contributed by atoms with E-state index in [1.54, 1.807) is 6.07 Å². The molecule has 0 amide bonds. The van der Waals surface area contributed by atoms with E-state index in [2.05, 4.69) is 15.3 Å². The molecule has 0 unspecified atom stereocenters. The monoisotopic (exact) mass is 199 g/mol. The molecule has 1 heterocycles. The van der Waals surface area contributed by atoms with Crippen LogP contribution in [0.1, 0.15) is 20.3 Å². The molecule has 4 nitrogen and oxygen atoms in total. The molecule has 0 spiro atoms. The smallest absolute Gasteiger partial charge is 0.310 e. The lowest BCUT2D eigenvalue weighted by molar-refractivity contribution is 0.260. The number of rotatable bonds is 4. The van der Waals surface area contributed by atoms with Crippen molar-refractivity contribution in [3.63, 3.8) is 0 Å². The third kappa shape index (κ3) is 3.26. The van der Waals surface area contributed by atoms with Crippen molar-refractivity contribution in [2.24, 2.45) is 0 Å². The van der Waals surface area contributed by atoms with Crippen LogP contribution in [0.4, 0.5) is 10.2 Å². The van der Waals surface area contributed by atoms with Crippen molar-refractivity contribution < 1.29 is 9.50 Å². The molecule has 0 aliphatic heterocycles. The predicted molar refractivity (Wildman–Crippen MR) is 51.4 cm³/mol. The third-order valence-electron chi connectivity index (χ3n) is 1.83. The molecule has 0 radical (unpaired) electrons. The number of hydrogen-bond donors (Lipinski definition) is 2. The van der Waals surface area contributed by atoms with Gasteiger partial charge in [-0.05, 0) is 26.3 Å². The zero-order valence-corrected chi connectivity index (χ0v) is 8.29. The average molecular weight is 199 g/mol. The minimum Gasteiger partial charge on any atom is -0.396 e. The summed E-state index contributed by atoms with van der Waals surface area (Å²) in [5.74, 6) is 0.427. The topological polar surface area (TPSA) is 58.0 Å². The number of aliphatic hydroxyl groups excluding tert-OH is 1. The Kier molecular flexibility index (Phi) is 3.35. The number of nitrogens with one attached hydrogen (secondary N) is 1. The lowest BCUT2D eigenvalue weighted by Gasteiger charge is -2.25. The van der Waals surface area contributed by atoms with Gasteiger partial charge in [0.15, 0.2) is 0 Å². The van der Waals surface area contributed by atoms with Crippen molar-refractivity contribution in [3.05, 3.63) is 18.3 Å². The van der Waals surface area contributed by atoms with Gasteiger partial charge in [-0.3, -0.25) is 0 Å². The Morgan fingerprint density at radius 2 is 2.29 bits per heavy atom. The molecule has 0 aliphatic carbocycles. The van der Waals surface area contributed by atoms with Crippen LogP contribution in [0.15, 0.2) is 12.3 Å². The van der Waals surface area contributed by atoms with Gasteiger partial charge >= 0.3 is 6.08 Å². The van der Waals surface area contributed by atoms with E-state index >= 15 is 0 Å². The first-order valence-corrected chi connectivity index (χ1v) is 4.41. The fourth-order valence-corrected chi connectivity index (χ4v) is 1.09. The van der Waals surface area contributed by atoms with Crippen LogP contribution in [-0.4, -0.2) is 27.2 Å². The number of nitrogens with zero attached hydrogens (tertiary/aromatic N) is 2. The molecule has 0 fully saturated rings. The number of hydrogen-bond acceptors (Lipinski definition) is 4. The zero-order chi connectivity index (χ0) is 10.6. The molecule has 14 heavy (non-hydrogen) atoms. The quantitative estimate of drug-likeness (QED) is 0.715. The second-order valence-corrected chi connectivity index (χ2v) is 3.69. The first-order chi connectivity index (χ1) is 6.53. The molecule has 0 saturated heterocycles. The molecule has 0 atom stereocenters. The number of anilines is 1. The fraction of sp³-hybridized carbons (Fsp3) is 0.556. The van der Waals surface area contributed by atoms with Crippen LogP contribution in [0.25, 0.3) is 0 Å². The molecule has 78 valence electrons. The van der Waals surface area contributed by atoms with Gasteiger partial charge in [-0.15, -0.1) is 0 Å². The summed E-state index contributed by atoms with van der Waals surface area (Å²) in [7, 11) is 0. The summed E-state index contributed by atoms with van der Waals surface area (Å²) >= 11 is 0. The highest BCUT2D eigenvalue weighted by atomic mass is 19.1. The SMILES string of the molecule is CC(C)(CCO)Nc1ccnc(F)n1. The Labute approximate surface area is 82.2 Å². The van der Waals surface area contributed by atoms with Crippen LogP contribution >= 0.6 is 0 Å². The minimum absolute atomic E-state index is 0.0770. The number of aromatic nitrogens is 2.